The summed E-state index contributed by atoms with van der Waals surface area (Å²) >= 11 is 0.730. The van der Waals surface area contributed by atoms with E-state index in [0.717, 1.165) is 11.3 Å². The number of hydrogen-bond acceptors (Lipinski definition) is 6. The molecule has 1 rings (SSSR count). The van der Waals surface area contributed by atoms with Crippen LogP contribution in [0.1, 0.15) is 0 Å². The van der Waals surface area contributed by atoms with Gasteiger partial charge in [0.05, 0.1) is 0 Å². The molecule has 0 bridgehead atoms. The molecule has 0 aliphatic heterocycles. The molecule has 5 nitrogen and oxygen atoms in total. The van der Waals surface area contributed by atoms with Gasteiger partial charge in [0.15, 0.2) is 0 Å². The second-order valence-electron chi connectivity index (χ2n) is 1.34. The van der Waals surface area contributed by atoms with Gasteiger partial charge in [-0.15, -0.1) is 10.2 Å². The Balaban J connectivity index is 3.21. The SMILES string of the molecule is Nc1nnc(S(=O)(=O)Cl)s1. The Kier molecular flexibility index (Phi) is 1.80. The van der Waals surface area contributed by atoms with Crippen molar-refractivity contribution >= 4 is 36.2 Å². The van der Waals surface area contributed by atoms with Gasteiger partial charge in [-0.3, -0.25) is 0 Å². The van der Waals surface area contributed by atoms with Crippen molar-refractivity contribution in [3.05, 3.63) is 0 Å². The number of anilines is 1. The van der Waals surface area contributed by atoms with E-state index in [1.165, 1.54) is 0 Å². The molecule has 0 atom stereocenters. The molecule has 0 aliphatic carbocycles. The van der Waals surface area contributed by atoms with Crippen LogP contribution >= 0.6 is 22.0 Å². The van der Waals surface area contributed by atoms with Gasteiger partial charge >= 0.3 is 0 Å². The summed E-state index contributed by atoms with van der Waals surface area (Å²) in [6, 6.07) is 0. The number of nitrogen functional groups attached to an aromatic ring is 1. The zero-order chi connectivity index (χ0) is 7.78. The lowest BCUT2D eigenvalue weighted by atomic mass is 11.3. The summed E-state index contributed by atoms with van der Waals surface area (Å²) in [6.45, 7) is 0. The maximum absolute atomic E-state index is 10.5. The standard InChI is InChI=1S/C2H2ClN3O2S2/c3-10(7,8)2-6-5-1(4)9-2/h(H2,4,5). The van der Waals surface area contributed by atoms with Crippen LogP contribution in [0, 0.1) is 0 Å². The van der Waals surface area contributed by atoms with E-state index in [9.17, 15) is 8.42 Å². The molecule has 1 aromatic heterocycles. The molecule has 0 aromatic carbocycles. The molecule has 0 saturated heterocycles. The first kappa shape index (κ1) is 7.70. The largest absolute Gasteiger partial charge is 0.374 e. The smallest absolute Gasteiger partial charge is 0.290 e. The van der Waals surface area contributed by atoms with Gasteiger partial charge in [-0.25, -0.2) is 8.42 Å². The molecule has 0 fully saturated rings. The number of nitrogens with two attached hydrogens (primary N) is 1. The van der Waals surface area contributed by atoms with Gasteiger partial charge in [-0.1, -0.05) is 11.3 Å². The normalized spacial score (nSPS) is 11.7. The van der Waals surface area contributed by atoms with E-state index in [2.05, 4.69) is 10.2 Å². The molecule has 1 aromatic rings. The van der Waals surface area contributed by atoms with Gasteiger partial charge < -0.3 is 5.73 Å². The molecule has 0 saturated carbocycles. The Labute approximate surface area is 65.3 Å². The van der Waals surface area contributed by atoms with Crippen LogP contribution in [0.5, 0.6) is 0 Å². The monoisotopic (exact) mass is 199 g/mol. The molecular weight excluding hydrogens is 198 g/mol. The van der Waals surface area contributed by atoms with Crippen LogP contribution in [0.3, 0.4) is 0 Å². The Morgan fingerprint density at radius 3 is 2.30 bits per heavy atom. The zero-order valence-corrected chi connectivity index (χ0v) is 6.87. The summed E-state index contributed by atoms with van der Waals surface area (Å²) in [5.74, 6) is 0. The minimum absolute atomic E-state index is 0.0826. The van der Waals surface area contributed by atoms with Crippen LogP contribution in [0.15, 0.2) is 4.34 Å². The third kappa shape index (κ3) is 1.55. The van der Waals surface area contributed by atoms with Crippen molar-refractivity contribution in [2.75, 3.05) is 5.73 Å². The summed E-state index contributed by atoms with van der Waals surface area (Å²) in [5.41, 5.74) is 5.10. The second kappa shape index (κ2) is 2.33. The summed E-state index contributed by atoms with van der Waals surface area (Å²) in [4.78, 5) is 0. The Morgan fingerprint density at radius 1 is 1.50 bits per heavy atom. The first-order valence-electron chi connectivity index (χ1n) is 2.04. The first-order valence-corrected chi connectivity index (χ1v) is 5.16. The molecule has 0 spiro atoms. The van der Waals surface area contributed by atoms with Gasteiger partial charge in [0.2, 0.25) is 9.47 Å². The Hall–Kier alpha value is -0.400. The van der Waals surface area contributed by atoms with E-state index in [1.807, 2.05) is 0 Å². The minimum Gasteiger partial charge on any atom is -0.374 e. The Morgan fingerprint density at radius 2 is 2.10 bits per heavy atom. The highest BCUT2D eigenvalue weighted by Crippen LogP contribution is 2.19. The van der Waals surface area contributed by atoms with Gasteiger partial charge in [0.25, 0.3) is 9.05 Å². The first-order chi connectivity index (χ1) is 4.50. The van der Waals surface area contributed by atoms with E-state index in [-0.39, 0.29) is 9.47 Å². The van der Waals surface area contributed by atoms with Crippen molar-refractivity contribution in [3.63, 3.8) is 0 Å². The van der Waals surface area contributed by atoms with Crippen molar-refractivity contribution in [2.45, 2.75) is 4.34 Å². The third-order valence-corrected chi connectivity index (χ3v) is 3.30. The number of rotatable bonds is 1. The van der Waals surface area contributed by atoms with Crippen molar-refractivity contribution < 1.29 is 8.42 Å². The summed E-state index contributed by atoms with van der Waals surface area (Å²) in [6.07, 6.45) is 0. The van der Waals surface area contributed by atoms with Gasteiger partial charge in [-0.05, 0) is 0 Å². The highest BCUT2D eigenvalue weighted by atomic mass is 35.7. The van der Waals surface area contributed by atoms with Crippen LogP contribution in [-0.2, 0) is 9.05 Å². The van der Waals surface area contributed by atoms with E-state index in [1.54, 1.807) is 0 Å². The summed E-state index contributed by atoms with van der Waals surface area (Å²) in [5, 5.41) is 6.56. The topological polar surface area (TPSA) is 85.9 Å². The predicted octanol–water partition coefficient (Wildman–Crippen LogP) is 0.0478. The molecule has 0 amide bonds. The second-order valence-corrected chi connectivity index (χ2v) is 5.09. The molecule has 0 aliphatic rings. The fourth-order valence-electron chi connectivity index (χ4n) is 0.319. The fraction of sp³-hybridized carbons (Fsp3) is 0. The van der Waals surface area contributed by atoms with Gasteiger partial charge in [-0.2, -0.15) is 0 Å². The maximum atomic E-state index is 10.5. The third-order valence-electron chi connectivity index (χ3n) is 0.631. The number of halogens is 1. The van der Waals surface area contributed by atoms with Crippen LogP contribution in [0.4, 0.5) is 5.13 Å². The van der Waals surface area contributed by atoms with Crippen molar-refractivity contribution in [1.29, 1.82) is 0 Å². The van der Waals surface area contributed by atoms with Crippen LogP contribution in [-0.4, -0.2) is 18.6 Å². The fourth-order valence-corrected chi connectivity index (χ4v) is 1.83. The Bertz CT molecular complexity index is 330. The molecule has 2 N–H and O–H groups in total. The van der Waals surface area contributed by atoms with Crippen LogP contribution in [0.25, 0.3) is 0 Å². The molecule has 8 heteroatoms. The molecule has 0 radical (unpaired) electrons. The van der Waals surface area contributed by atoms with Gasteiger partial charge in [0, 0.05) is 10.7 Å². The van der Waals surface area contributed by atoms with Crippen LogP contribution < -0.4 is 5.73 Å². The zero-order valence-electron chi connectivity index (χ0n) is 4.48. The van der Waals surface area contributed by atoms with Crippen molar-refractivity contribution in [2.24, 2.45) is 0 Å². The minimum atomic E-state index is -3.74. The lowest BCUT2D eigenvalue weighted by molar-refractivity contribution is 0.607. The number of aromatic nitrogens is 2. The number of hydrogen-bond donors (Lipinski definition) is 1. The molecule has 56 valence electrons. The predicted molar refractivity (Wildman–Crippen MR) is 37.4 cm³/mol. The summed E-state index contributed by atoms with van der Waals surface area (Å²) in [7, 11) is 1.15. The molecular formula is C2H2ClN3O2S2. The lowest BCUT2D eigenvalue weighted by Crippen LogP contribution is -1.87. The molecule has 10 heavy (non-hydrogen) atoms. The quantitative estimate of drug-likeness (QED) is 0.646. The summed E-state index contributed by atoms with van der Waals surface area (Å²) < 4.78 is 20.7. The van der Waals surface area contributed by atoms with Crippen LogP contribution in [0.2, 0.25) is 0 Å². The highest BCUT2D eigenvalue weighted by molar-refractivity contribution is 8.15. The average Bonchev–Trinajstić information content (AvgIpc) is 2.11. The highest BCUT2D eigenvalue weighted by Gasteiger charge is 2.15. The van der Waals surface area contributed by atoms with Crippen molar-refractivity contribution in [1.82, 2.24) is 10.2 Å². The van der Waals surface area contributed by atoms with Crippen molar-refractivity contribution in [3.8, 4) is 0 Å². The lowest BCUT2D eigenvalue weighted by Gasteiger charge is -1.80. The van der Waals surface area contributed by atoms with E-state index >= 15 is 0 Å². The maximum Gasteiger partial charge on any atom is 0.290 e. The van der Waals surface area contributed by atoms with E-state index < -0.39 is 9.05 Å². The van der Waals surface area contributed by atoms with E-state index in [4.69, 9.17) is 16.4 Å². The molecule has 1 heterocycles. The average molecular weight is 200 g/mol. The van der Waals surface area contributed by atoms with E-state index in [0.29, 0.717) is 0 Å². The van der Waals surface area contributed by atoms with Gasteiger partial charge in [0.1, 0.15) is 0 Å². The molecule has 0 unspecified atom stereocenters. The number of nitrogens with zero attached hydrogens (tertiary/aromatic N) is 2.